The van der Waals surface area contributed by atoms with Crippen molar-refractivity contribution in [3.05, 3.63) is 12.2 Å². The van der Waals surface area contributed by atoms with Gasteiger partial charge in [-0.05, 0) is 38.3 Å². The van der Waals surface area contributed by atoms with Gasteiger partial charge in [0, 0.05) is 19.1 Å². The summed E-state index contributed by atoms with van der Waals surface area (Å²) in [5, 5.41) is 11.8. The fourth-order valence-electron chi connectivity index (χ4n) is 3.57. The summed E-state index contributed by atoms with van der Waals surface area (Å²) >= 11 is 0. The van der Waals surface area contributed by atoms with E-state index in [2.05, 4.69) is 31.9 Å². The van der Waals surface area contributed by atoms with Gasteiger partial charge >= 0.3 is 0 Å². The van der Waals surface area contributed by atoms with Gasteiger partial charge in [0.25, 0.3) is 0 Å². The number of fused-ring (bicyclic) bond motifs is 1. The van der Waals surface area contributed by atoms with Crippen LogP contribution in [0.1, 0.15) is 38.4 Å². The average Bonchev–Trinajstić information content (AvgIpc) is 3.05. The SMILES string of the molecule is CCNC1CCCC1CCN1CCn2cnnc2C1. The molecule has 5 nitrogen and oxygen atoms in total. The van der Waals surface area contributed by atoms with Crippen LogP contribution in [0.3, 0.4) is 0 Å². The minimum Gasteiger partial charge on any atom is -0.315 e. The highest BCUT2D eigenvalue weighted by atomic mass is 15.3. The standard InChI is InChI=1S/C14H25N5/c1-2-15-13-5-3-4-12(13)6-7-18-8-9-19-11-16-17-14(19)10-18/h11-13,15H,2-10H2,1H3. The molecule has 0 saturated heterocycles. The topological polar surface area (TPSA) is 46.0 Å². The van der Waals surface area contributed by atoms with Gasteiger partial charge in [-0.25, -0.2) is 0 Å². The van der Waals surface area contributed by atoms with Crippen molar-refractivity contribution in [2.45, 2.75) is 51.7 Å². The summed E-state index contributed by atoms with van der Waals surface area (Å²) in [6, 6.07) is 0.762. The van der Waals surface area contributed by atoms with E-state index in [0.29, 0.717) is 0 Å². The number of nitrogens with zero attached hydrogens (tertiary/aromatic N) is 4. The lowest BCUT2D eigenvalue weighted by Gasteiger charge is -2.29. The Hall–Kier alpha value is -0.940. The number of aromatic nitrogens is 3. The monoisotopic (exact) mass is 263 g/mol. The van der Waals surface area contributed by atoms with Crippen molar-refractivity contribution < 1.29 is 0 Å². The Balaban J connectivity index is 1.48. The molecular formula is C14H25N5. The average molecular weight is 263 g/mol. The largest absolute Gasteiger partial charge is 0.315 e. The van der Waals surface area contributed by atoms with Crippen LogP contribution in [0.4, 0.5) is 0 Å². The maximum atomic E-state index is 4.19. The van der Waals surface area contributed by atoms with Crippen LogP contribution in [-0.4, -0.2) is 45.3 Å². The third-order valence-electron chi connectivity index (χ3n) is 4.66. The first kappa shape index (κ1) is 13.1. The summed E-state index contributed by atoms with van der Waals surface area (Å²) in [7, 11) is 0. The third kappa shape index (κ3) is 2.98. The fraction of sp³-hybridized carbons (Fsp3) is 0.857. The Labute approximate surface area is 115 Å². The van der Waals surface area contributed by atoms with E-state index in [1.54, 1.807) is 0 Å². The van der Waals surface area contributed by atoms with Crippen LogP contribution in [-0.2, 0) is 13.1 Å². The summed E-state index contributed by atoms with van der Waals surface area (Å²) in [6.07, 6.45) is 7.35. The molecule has 0 spiro atoms. The second-order valence-corrected chi connectivity index (χ2v) is 5.86. The van der Waals surface area contributed by atoms with Gasteiger partial charge in [0.1, 0.15) is 12.2 Å². The van der Waals surface area contributed by atoms with E-state index < -0.39 is 0 Å². The van der Waals surface area contributed by atoms with E-state index in [-0.39, 0.29) is 0 Å². The summed E-state index contributed by atoms with van der Waals surface area (Å²) in [4.78, 5) is 2.53. The Kier molecular flexibility index (Phi) is 4.13. The normalized spacial score (nSPS) is 27.6. The first-order valence-electron chi connectivity index (χ1n) is 7.69. The van der Waals surface area contributed by atoms with Crippen LogP contribution in [0.2, 0.25) is 0 Å². The van der Waals surface area contributed by atoms with E-state index >= 15 is 0 Å². The molecule has 5 heteroatoms. The third-order valence-corrected chi connectivity index (χ3v) is 4.66. The first-order valence-corrected chi connectivity index (χ1v) is 7.69. The summed E-state index contributed by atoms with van der Waals surface area (Å²) in [5.41, 5.74) is 0. The molecule has 1 aliphatic heterocycles. The lowest BCUT2D eigenvalue weighted by atomic mass is 9.99. The lowest BCUT2D eigenvalue weighted by Crippen LogP contribution is -2.37. The molecule has 0 aromatic carbocycles. The van der Waals surface area contributed by atoms with Gasteiger partial charge in [-0.1, -0.05) is 13.3 Å². The van der Waals surface area contributed by atoms with Crippen molar-refractivity contribution in [3.63, 3.8) is 0 Å². The zero-order valence-corrected chi connectivity index (χ0v) is 11.9. The van der Waals surface area contributed by atoms with Gasteiger partial charge in [0.15, 0.2) is 0 Å². The molecule has 2 heterocycles. The minimum absolute atomic E-state index is 0.762. The van der Waals surface area contributed by atoms with Crippen LogP contribution >= 0.6 is 0 Å². The van der Waals surface area contributed by atoms with Crippen molar-refractivity contribution in [1.82, 2.24) is 25.0 Å². The highest BCUT2D eigenvalue weighted by Gasteiger charge is 2.27. The second-order valence-electron chi connectivity index (χ2n) is 5.86. The van der Waals surface area contributed by atoms with E-state index in [9.17, 15) is 0 Å². The Morgan fingerprint density at radius 2 is 2.32 bits per heavy atom. The molecule has 2 atom stereocenters. The first-order chi connectivity index (χ1) is 9.36. The van der Waals surface area contributed by atoms with Crippen molar-refractivity contribution in [1.29, 1.82) is 0 Å². The van der Waals surface area contributed by atoms with Crippen LogP contribution in [0.5, 0.6) is 0 Å². The highest BCUT2D eigenvalue weighted by Crippen LogP contribution is 2.28. The zero-order valence-electron chi connectivity index (χ0n) is 11.9. The van der Waals surface area contributed by atoms with Crippen LogP contribution in [0.15, 0.2) is 6.33 Å². The lowest BCUT2D eigenvalue weighted by molar-refractivity contribution is 0.196. The summed E-state index contributed by atoms with van der Waals surface area (Å²) < 4.78 is 2.17. The van der Waals surface area contributed by atoms with Gasteiger partial charge in [0.05, 0.1) is 6.54 Å². The number of hydrogen-bond acceptors (Lipinski definition) is 4. The fourth-order valence-corrected chi connectivity index (χ4v) is 3.57. The van der Waals surface area contributed by atoms with Crippen molar-refractivity contribution in [2.75, 3.05) is 19.6 Å². The van der Waals surface area contributed by atoms with Gasteiger partial charge < -0.3 is 9.88 Å². The van der Waals surface area contributed by atoms with Gasteiger partial charge in [-0.2, -0.15) is 0 Å². The van der Waals surface area contributed by atoms with Crippen LogP contribution in [0.25, 0.3) is 0 Å². The molecule has 1 aliphatic carbocycles. The predicted molar refractivity (Wildman–Crippen MR) is 74.7 cm³/mol. The van der Waals surface area contributed by atoms with Crippen LogP contribution in [0, 0.1) is 5.92 Å². The molecule has 0 radical (unpaired) electrons. The molecule has 0 bridgehead atoms. The van der Waals surface area contributed by atoms with E-state index in [1.165, 1.54) is 32.2 Å². The molecule has 19 heavy (non-hydrogen) atoms. The molecule has 3 rings (SSSR count). The van der Waals surface area contributed by atoms with Gasteiger partial charge in [-0.3, -0.25) is 4.90 Å². The van der Waals surface area contributed by atoms with Gasteiger partial charge in [0.2, 0.25) is 0 Å². The Morgan fingerprint density at radius 3 is 3.21 bits per heavy atom. The Bertz CT molecular complexity index is 402. The van der Waals surface area contributed by atoms with Crippen molar-refractivity contribution in [3.8, 4) is 0 Å². The van der Waals surface area contributed by atoms with E-state index in [4.69, 9.17) is 0 Å². The summed E-state index contributed by atoms with van der Waals surface area (Å²) in [5.74, 6) is 2.00. The van der Waals surface area contributed by atoms with Gasteiger partial charge in [-0.15, -0.1) is 10.2 Å². The maximum absolute atomic E-state index is 4.19. The molecular weight excluding hydrogens is 238 g/mol. The molecule has 2 aliphatic rings. The molecule has 1 aromatic heterocycles. The van der Waals surface area contributed by atoms with Crippen molar-refractivity contribution in [2.24, 2.45) is 5.92 Å². The molecule has 0 amide bonds. The minimum atomic E-state index is 0.762. The molecule has 1 N–H and O–H groups in total. The van der Waals surface area contributed by atoms with E-state index in [1.807, 2.05) is 6.33 Å². The highest BCUT2D eigenvalue weighted by molar-refractivity contribution is 4.90. The molecule has 1 saturated carbocycles. The molecule has 1 fully saturated rings. The Morgan fingerprint density at radius 1 is 1.37 bits per heavy atom. The predicted octanol–water partition coefficient (Wildman–Crippen LogP) is 1.26. The summed E-state index contributed by atoms with van der Waals surface area (Å²) in [6.45, 7) is 7.69. The number of rotatable bonds is 5. The zero-order chi connectivity index (χ0) is 13.1. The quantitative estimate of drug-likeness (QED) is 0.869. The molecule has 2 unspecified atom stereocenters. The second kappa shape index (κ2) is 6.01. The maximum Gasteiger partial charge on any atom is 0.147 e. The van der Waals surface area contributed by atoms with Crippen LogP contribution < -0.4 is 5.32 Å². The number of hydrogen-bond donors (Lipinski definition) is 1. The number of nitrogens with one attached hydrogen (secondary N) is 1. The molecule has 1 aromatic rings. The molecule has 106 valence electrons. The van der Waals surface area contributed by atoms with E-state index in [0.717, 1.165) is 44.0 Å². The smallest absolute Gasteiger partial charge is 0.147 e. The van der Waals surface area contributed by atoms with Crippen molar-refractivity contribution >= 4 is 0 Å².